The van der Waals surface area contributed by atoms with Crippen molar-refractivity contribution in [3.05, 3.63) is 47.3 Å². The molecule has 3 aromatic rings. The van der Waals surface area contributed by atoms with Crippen LogP contribution in [-0.2, 0) is 6.42 Å². The van der Waals surface area contributed by atoms with Gasteiger partial charge in [0.25, 0.3) is 5.91 Å². The van der Waals surface area contributed by atoms with Crippen LogP contribution in [0.3, 0.4) is 0 Å². The number of nitrogens with zero attached hydrogens (tertiary/aromatic N) is 4. The molecule has 1 amide bonds. The lowest BCUT2D eigenvalue weighted by Crippen LogP contribution is -2.28. The van der Waals surface area contributed by atoms with Gasteiger partial charge in [-0.3, -0.25) is 4.79 Å². The summed E-state index contributed by atoms with van der Waals surface area (Å²) >= 11 is 0. The molecular formula is C24H28FN7O. The Morgan fingerprint density at radius 3 is 2.85 bits per heavy atom. The Kier molecular flexibility index (Phi) is 4.94. The zero-order valence-corrected chi connectivity index (χ0v) is 18.6. The average molecular weight is 450 g/mol. The first-order chi connectivity index (χ1) is 16.1. The van der Waals surface area contributed by atoms with Crippen molar-refractivity contribution in [3.63, 3.8) is 0 Å². The van der Waals surface area contributed by atoms with E-state index in [2.05, 4.69) is 44.0 Å². The number of hydrogen-bond donors (Lipinski definition) is 3. The van der Waals surface area contributed by atoms with E-state index in [1.54, 1.807) is 4.52 Å². The fourth-order valence-electron chi connectivity index (χ4n) is 5.20. The van der Waals surface area contributed by atoms with Gasteiger partial charge in [0.2, 0.25) is 0 Å². The van der Waals surface area contributed by atoms with Gasteiger partial charge in [0.1, 0.15) is 6.17 Å². The lowest BCUT2D eigenvalue weighted by Gasteiger charge is -2.25. The Hall–Kier alpha value is -3.20. The van der Waals surface area contributed by atoms with E-state index in [1.165, 1.54) is 35.9 Å². The predicted octanol–water partition coefficient (Wildman–Crippen LogP) is 2.77. The minimum absolute atomic E-state index is 0.310. The smallest absolute Gasteiger partial charge is 0.271 e. The normalized spacial score (nSPS) is 22.4. The van der Waals surface area contributed by atoms with Gasteiger partial charge in [0, 0.05) is 31.8 Å². The quantitative estimate of drug-likeness (QED) is 0.555. The largest absolute Gasteiger partial charge is 0.385 e. The minimum Gasteiger partial charge on any atom is -0.385 e. The van der Waals surface area contributed by atoms with Crippen molar-refractivity contribution in [2.75, 3.05) is 36.9 Å². The van der Waals surface area contributed by atoms with Gasteiger partial charge >= 0.3 is 0 Å². The van der Waals surface area contributed by atoms with E-state index in [1.807, 2.05) is 13.1 Å². The van der Waals surface area contributed by atoms with E-state index in [0.717, 1.165) is 37.6 Å². The van der Waals surface area contributed by atoms with Gasteiger partial charge in [-0.25, -0.2) is 13.9 Å². The van der Waals surface area contributed by atoms with E-state index in [4.69, 9.17) is 5.10 Å². The van der Waals surface area contributed by atoms with Crippen LogP contribution in [0.4, 0.5) is 21.6 Å². The van der Waals surface area contributed by atoms with Crippen LogP contribution in [0.1, 0.15) is 46.8 Å². The Balaban J connectivity index is 1.38. The van der Waals surface area contributed by atoms with Crippen molar-refractivity contribution in [2.24, 2.45) is 0 Å². The molecule has 1 aliphatic carbocycles. The maximum absolute atomic E-state index is 13.3. The van der Waals surface area contributed by atoms with Gasteiger partial charge in [-0.05, 0) is 55.5 Å². The maximum atomic E-state index is 13.3. The summed E-state index contributed by atoms with van der Waals surface area (Å²) in [4.78, 5) is 19.4. The van der Waals surface area contributed by atoms with Gasteiger partial charge < -0.3 is 20.9 Å². The molecule has 1 aromatic carbocycles. The van der Waals surface area contributed by atoms with Crippen molar-refractivity contribution >= 4 is 28.7 Å². The molecule has 3 aliphatic rings. The molecule has 172 valence electrons. The molecule has 9 heteroatoms. The number of piperidine rings is 1. The number of anilines is 3. The van der Waals surface area contributed by atoms with Crippen LogP contribution in [0.25, 0.3) is 5.65 Å². The Labute approximate surface area is 191 Å². The topological polar surface area (TPSA) is 86.6 Å². The number of imidazole rings is 1. The second-order valence-corrected chi connectivity index (χ2v) is 9.15. The first-order valence-corrected chi connectivity index (χ1v) is 11.8. The second kappa shape index (κ2) is 7.98. The SMILES string of the molecule is CNc1cc(N2CCc3c(C4CCNCC4)cccc32)nn2c(C(=O)N[C@@H]3C[C@@H]3F)cnc12. The van der Waals surface area contributed by atoms with E-state index in [9.17, 15) is 9.18 Å². The Morgan fingerprint density at radius 1 is 1.27 bits per heavy atom. The summed E-state index contributed by atoms with van der Waals surface area (Å²) in [5.41, 5.74) is 5.72. The number of amides is 1. The summed E-state index contributed by atoms with van der Waals surface area (Å²) in [6.45, 7) is 2.97. The summed E-state index contributed by atoms with van der Waals surface area (Å²) in [5, 5.41) is 14.2. The van der Waals surface area contributed by atoms with E-state index in [0.29, 0.717) is 23.7 Å². The molecule has 8 nitrogen and oxygen atoms in total. The van der Waals surface area contributed by atoms with Crippen LogP contribution >= 0.6 is 0 Å². The molecule has 2 atom stereocenters. The number of nitrogens with one attached hydrogen (secondary N) is 3. The fraction of sp³-hybridized carbons (Fsp3) is 0.458. The second-order valence-electron chi connectivity index (χ2n) is 9.15. The Morgan fingerprint density at radius 2 is 2.09 bits per heavy atom. The van der Waals surface area contributed by atoms with Crippen LogP contribution in [-0.4, -0.2) is 59.4 Å². The van der Waals surface area contributed by atoms with Crippen molar-refractivity contribution in [2.45, 2.75) is 43.8 Å². The van der Waals surface area contributed by atoms with Gasteiger partial charge in [-0.1, -0.05) is 12.1 Å². The highest BCUT2D eigenvalue weighted by molar-refractivity contribution is 5.94. The van der Waals surface area contributed by atoms with Gasteiger partial charge in [-0.2, -0.15) is 0 Å². The number of benzene rings is 1. The molecule has 0 radical (unpaired) electrons. The highest BCUT2D eigenvalue weighted by Crippen LogP contribution is 2.40. The monoisotopic (exact) mass is 449 g/mol. The van der Waals surface area contributed by atoms with E-state index in [-0.39, 0.29) is 5.91 Å². The molecule has 3 N–H and O–H groups in total. The molecule has 0 unspecified atom stereocenters. The lowest BCUT2D eigenvalue weighted by atomic mass is 9.86. The number of fused-ring (bicyclic) bond motifs is 2. The van der Waals surface area contributed by atoms with Crippen LogP contribution < -0.4 is 20.9 Å². The molecule has 0 bridgehead atoms. The summed E-state index contributed by atoms with van der Waals surface area (Å²) in [7, 11) is 1.83. The van der Waals surface area contributed by atoms with Gasteiger partial charge in [-0.15, -0.1) is 5.10 Å². The summed E-state index contributed by atoms with van der Waals surface area (Å²) in [5.74, 6) is 0.999. The third-order valence-corrected chi connectivity index (χ3v) is 7.11. The van der Waals surface area contributed by atoms with Crippen molar-refractivity contribution in [1.82, 2.24) is 25.2 Å². The van der Waals surface area contributed by atoms with Crippen LogP contribution in [0.2, 0.25) is 0 Å². The molecule has 2 fully saturated rings. The number of hydrogen-bond acceptors (Lipinski definition) is 6. The standard InChI is InChI=1S/C24H28FN7O/c1-26-19-12-22(30-32-21(13-28-23(19)32)24(33)29-18-11-17(18)25)31-10-7-16-15(3-2-4-20(16)31)14-5-8-27-9-6-14/h2-4,12-14,17-18,26-27H,5-11H2,1H3,(H,29,33)/t17-,18+/m0/s1. The third-order valence-electron chi connectivity index (χ3n) is 7.11. The first-order valence-electron chi connectivity index (χ1n) is 11.8. The number of carbonyl (C=O) groups excluding carboxylic acids is 1. The van der Waals surface area contributed by atoms with Gasteiger partial charge in [0.15, 0.2) is 17.2 Å². The number of alkyl halides is 1. The van der Waals surface area contributed by atoms with Gasteiger partial charge in [0.05, 0.1) is 17.9 Å². The molecule has 2 aliphatic heterocycles. The zero-order valence-electron chi connectivity index (χ0n) is 18.6. The number of aromatic nitrogens is 3. The number of carbonyl (C=O) groups is 1. The van der Waals surface area contributed by atoms with Crippen LogP contribution in [0.15, 0.2) is 30.5 Å². The molecule has 0 spiro atoms. The summed E-state index contributed by atoms with van der Waals surface area (Å²) < 4.78 is 14.9. The maximum Gasteiger partial charge on any atom is 0.271 e. The van der Waals surface area contributed by atoms with Crippen LogP contribution in [0.5, 0.6) is 0 Å². The van der Waals surface area contributed by atoms with Crippen molar-refractivity contribution < 1.29 is 9.18 Å². The van der Waals surface area contributed by atoms with E-state index >= 15 is 0 Å². The van der Waals surface area contributed by atoms with E-state index < -0.39 is 12.2 Å². The molecule has 1 saturated carbocycles. The third kappa shape index (κ3) is 3.51. The molecule has 6 rings (SSSR count). The fourth-order valence-corrected chi connectivity index (χ4v) is 5.20. The molecule has 4 heterocycles. The summed E-state index contributed by atoms with van der Waals surface area (Å²) in [6, 6.07) is 8.16. The van der Waals surface area contributed by atoms with Crippen LogP contribution in [0, 0.1) is 0 Å². The number of rotatable bonds is 5. The molecule has 1 saturated heterocycles. The first kappa shape index (κ1) is 20.4. The highest BCUT2D eigenvalue weighted by Gasteiger charge is 2.39. The highest BCUT2D eigenvalue weighted by atomic mass is 19.1. The summed E-state index contributed by atoms with van der Waals surface area (Å²) in [6.07, 6.45) is 4.22. The number of halogens is 1. The molecular weight excluding hydrogens is 421 g/mol. The minimum atomic E-state index is -0.959. The lowest BCUT2D eigenvalue weighted by molar-refractivity contribution is 0.0940. The Bertz CT molecular complexity index is 1220. The average Bonchev–Trinajstić information content (AvgIpc) is 3.22. The molecule has 33 heavy (non-hydrogen) atoms. The predicted molar refractivity (Wildman–Crippen MR) is 125 cm³/mol. The zero-order chi connectivity index (χ0) is 22.5. The van der Waals surface area contributed by atoms with Crippen molar-refractivity contribution in [3.8, 4) is 0 Å². The van der Waals surface area contributed by atoms with Crippen molar-refractivity contribution in [1.29, 1.82) is 0 Å². The molecule has 2 aromatic heterocycles.